The fraction of sp³-hybridized carbons (Fsp3) is 0.933. The molecule has 0 aromatic carbocycles. The van der Waals surface area contributed by atoms with Gasteiger partial charge in [0.1, 0.15) is 0 Å². The molecule has 0 aromatic rings. The number of thioether (sulfide) groups is 1. The van der Waals surface area contributed by atoms with Crippen LogP contribution >= 0.6 is 24.2 Å². The summed E-state index contributed by atoms with van der Waals surface area (Å²) in [6.07, 6.45) is 7.03. The van der Waals surface area contributed by atoms with E-state index in [9.17, 15) is 4.79 Å². The highest BCUT2D eigenvalue weighted by molar-refractivity contribution is 7.99. The molecular weight excluding hydrogens is 292 g/mol. The highest BCUT2D eigenvalue weighted by Gasteiger charge is 2.30. The monoisotopic (exact) mass is 320 g/mol. The number of amides is 1. The van der Waals surface area contributed by atoms with Crippen LogP contribution in [0.2, 0.25) is 0 Å². The first-order valence-corrected chi connectivity index (χ1v) is 8.91. The van der Waals surface area contributed by atoms with Crippen LogP contribution in [0.25, 0.3) is 0 Å². The quantitative estimate of drug-likeness (QED) is 0.836. The lowest BCUT2D eigenvalue weighted by atomic mass is 9.90. The number of hydrogen-bond donors (Lipinski definition) is 2. The van der Waals surface area contributed by atoms with Crippen LogP contribution in [-0.4, -0.2) is 35.5 Å². The van der Waals surface area contributed by atoms with E-state index < -0.39 is 0 Å². The van der Waals surface area contributed by atoms with Gasteiger partial charge >= 0.3 is 0 Å². The molecule has 118 valence electrons. The van der Waals surface area contributed by atoms with Gasteiger partial charge in [0.25, 0.3) is 0 Å². The largest absolute Gasteiger partial charge is 0.352 e. The van der Waals surface area contributed by atoms with Gasteiger partial charge in [0.2, 0.25) is 5.91 Å². The number of nitrogens with one attached hydrogen (secondary N) is 2. The summed E-state index contributed by atoms with van der Waals surface area (Å²) in [7, 11) is 0. The molecule has 1 amide bonds. The molecule has 20 heavy (non-hydrogen) atoms. The number of halogens is 1. The molecule has 1 saturated carbocycles. The molecule has 3 nitrogen and oxygen atoms in total. The smallest absolute Gasteiger partial charge is 0.223 e. The number of carbonyl (C=O) groups is 1. The van der Waals surface area contributed by atoms with Crippen LogP contribution in [0.15, 0.2) is 0 Å². The lowest BCUT2D eigenvalue weighted by Gasteiger charge is -2.34. The molecule has 0 spiro atoms. The summed E-state index contributed by atoms with van der Waals surface area (Å²) in [5.74, 6) is 1.69. The predicted molar refractivity (Wildman–Crippen MR) is 89.8 cm³/mol. The summed E-state index contributed by atoms with van der Waals surface area (Å²) >= 11 is 2.02. The van der Waals surface area contributed by atoms with E-state index in [4.69, 9.17) is 0 Å². The molecule has 2 fully saturated rings. The number of rotatable bonds is 4. The Bertz CT molecular complexity index is 302. The molecule has 1 aliphatic heterocycles. The van der Waals surface area contributed by atoms with E-state index in [1.165, 1.54) is 25.7 Å². The van der Waals surface area contributed by atoms with Crippen LogP contribution in [0.5, 0.6) is 0 Å². The van der Waals surface area contributed by atoms with Crippen molar-refractivity contribution < 1.29 is 4.79 Å². The molecule has 1 saturated heterocycles. The van der Waals surface area contributed by atoms with Gasteiger partial charge < -0.3 is 10.6 Å². The minimum atomic E-state index is 0. The predicted octanol–water partition coefficient (Wildman–Crippen LogP) is 2.98. The number of piperidine rings is 1. The summed E-state index contributed by atoms with van der Waals surface area (Å²) in [4.78, 5) is 12.4. The van der Waals surface area contributed by atoms with E-state index in [-0.39, 0.29) is 18.3 Å². The van der Waals surface area contributed by atoms with Gasteiger partial charge in [0.05, 0.1) is 0 Å². The van der Waals surface area contributed by atoms with Crippen LogP contribution in [0.3, 0.4) is 0 Å². The van der Waals surface area contributed by atoms with Crippen LogP contribution < -0.4 is 10.6 Å². The Hall–Kier alpha value is 0.0700. The summed E-state index contributed by atoms with van der Waals surface area (Å²) in [5, 5.41) is 7.41. The Balaban J connectivity index is 0.00000200. The maximum absolute atomic E-state index is 12.4. The average molecular weight is 321 g/mol. The summed E-state index contributed by atoms with van der Waals surface area (Å²) in [5.41, 5.74) is 0. The second-order valence-corrected chi connectivity index (χ2v) is 7.49. The van der Waals surface area contributed by atoms with Crippen molar-refractivity contribution in [1.82, 2.24) is 10.6 Å². The average Bonchev–Trinajstić information content (AvgIpc) is 2.41. The van der Waals surface area contributed by atoms with Crippen molar-refractivity contribution in [1.29, 1.82) is 0 Å². The van der Waals surface area contributed by atoms with Crippen molar-refractivity contribution in [2.24, 2.45) is 5.92 Å². The molecule has 2 N–H and O–H groups in total. The molecule has 5 heteroatoms. The highest BCUT2D eigenvalue weighted by atomic mass is 35.5. The third kappa shape index (κ3) is 5.12. The van der Waals surface area contributed by atoms with Gasteiger partial charge in [-0.1, -0.05) is 19.8 Å². The number of carbonyl (C=O) groups excluding carboxylic acids is 1. The minimum Gasteiger partial charge on any atom is -0.352 e. The Morgan fingerprint density at radius 1 is 1.30 bits per heavy atom. The van der Waals surface area contributed by atoms with Gasteiger partial charge in [-0.05, 0) is 44.9 Å². The molecule has 2 aliphatic rings. The maximum atomic E-state index is 12.4. The summed E-state index contributed by atoms with van der Waals surface area (Å²) in [6, 6.07) is 0.896. The zero-order chi connectivity index (χ0) is 13.7. The van der Waals surface area contributed by atoms with Gasteiger partial charge in [-0.25, -0.2) is 0 Å². The lowest BCUT2D eigenvalue weighted by Crippen LogP contribution is -2.49. The molecule has 0 radical (unpaired) electrons. The van der Waals surface area contributed by atoms with Gasteiger partial charge in [-0.15, -0.1) is 12.4 Å². The Morgan fingerprint density at radius 3 is 2.75 bits per heavy atom. The van der Waals surface area contributed by atoms with Crippen molar-refractivity contribution in [3.63, 3.8) is 0 Å². The van der Waals surface area contributed by atoms with Crippen LogP contribution in [0, 0.1) is 5.92 Å². The van der Waals surface area contributed by atoms with Crippen molar-refractivity contribution in [3.8, 4) is 0 Å². The summed E-state index contributed by atoms with van der Waals surface area (Å²) in [6.45, 7) is 5.37. The van der Waals surface area contributed by atoms with Crippen molar-refractivity contribution >= 4 is 30.1 Å². The lowest BCUT2D eigenvalue weighted by molar-refractivity contribution is -0.127. The maximum Gasteiger partial charge on any atom is 0.223 e. The second-order valence-electron chi connectivity index (χ2n) is 5.97. The van der Waals surface area contributed by atoms with E-state index in [0.29, 0.717) is 23.2 Å². The molecular formula is C15H29ClN2OS. The van der Waals surface area contributed by atoms with E-state index >= 15 is 0 Å². The zero-order valence-corrected chi connectivity index (χ0v) is 14.3. The third-order valence-electron chi connectivity index (χ3n) is 4.41. The topological polar surface area (TPSA) is 41.1 Å². The first-order chi connectivity index (χ1) is 9.20. The molecule has 0 bridgehead atoms. The Labute approximate surface area is 133 Å². The van der Waals surface area contributed by atoms with Gasteiger partial charge in [0.15, 0.2) is 0 Å². The minimum absolute atomic E-state index is 0. The van der Waals surface area contributed by atoms with Gasteiger partial charge in [-0.2, -0.15) is 11.8 Å². The van der Waals surface area contributed by atoms with E-state index in [1.54, 1.807) is 0 Å². The molecule has 1 heterocycles. The first-order valence-electron chi connectivity index (χ1n) is 7.86. The molecule has 2 unspecified atom stereocenters. The Morgan fingerprint density at radius 2 is 2.05 bits per heavy atom. The molecule has 2 rings (SSSR count). The molecule has 4 atom stereocenters. The third-order valence-corrected chi connectivity index (χ3v) is 5.73. The summed E-state index contributed by atoms with van der Waals surface area (Å²) < 4.78 is 0. The van der Waals surface area contributed by atoms with Crippen LogP contribution in [0.1, 0.15) is 52.4 Å². The highest BCUT2D eigenvalue weighted by Crippen LogP contribution is 2.29. The molecule has 0 aromatic heterocycles. The van der Waals surface area contributed by atoms with Crippen molar-refractivity contribution in [2.75, 3.05) is 12.3 Å². The zero-order valence-electron chi connectivity index (χ0n) is 12.7. The van der Waals surface area contributed by atoms with E-state index in [0.717, 1.165) is 25.1 Å². The fourth-order valence-electron chi connectivity index (χ4n) is 3.35. The standard InChI is InChI=1S/C15H28N2OS.ClH/c1-3-19-14-7-5-4-6-13(14)17-15(18)12-8-9-16-11(2)10-12;/h11-14,16H,3-10H2,1-2H3,(H,17,18);1H/t11-,12-,13?,14?;/m0./s1. The van der Waals surface area contributed by atoms with E-state index in [1.807, 2.05) is 11.8 Å². The van der Waals surface area contributed by atoms with Crippen LogP contribution in [-0.2, 0) is 4.79 Å². The number of hydrogen-bond acceptors (Lipinski definition) is 3. The Kier molecular flexibility index (Phi) is 8.30. The fourth-order valence-corrected chi connectivity index (χ4v) is 4.54. The normalized spacial score (nSPS) is 34.1. The first kappa shape index (κ1) is 18.1. The van der Waals surface area contributed by atoms with Crippen molar-refractivity contribution in [2.45, 2.75) is 69.7 Å². The van der Waals surface area contributed by atoms with Crippen LogP contribution in [0.4, 0.5) is 0 Å². The van der Waals surface area contributed by atoms with Gasteiger partial charge in [0, 0.05) is 23.3 Å². The van der Waals surface area contributed by atoms with Crippen molar-refractivity contribution in [3.05, 3.63) is 0 Å². The van der Waals surface area contributed by atoms with E-state index in [2.05, 4.69) is 24.5 Å². The van der Waals surface area contributed by atoms with Gasteiger partial charge in [-0.3, -0.25) is 4.79 Å². The molecule has 1 aliphatic carbocycles. The second kappa shape index (κ2) is 9.16. The SMILES string of the molecule is CCSC1CCCCC1NC(=O)[C@H]1CCN[C@@H](C)C1.Cl.